The first-order valence-corrected chi connectivity index (χ1v) is 6.26. The van der Waals surface area contributed by atoms with Crippen LogP contribution in [-0.2, 0) is 4.79 Å². The van der Waals surface area contributed by atoms with Crippen molar-refractivity contribution in [2.45, 2.75) is 0 Å². The van der Waals surface area contributed by atoms with Gasteiger partial charge in [0, 0.05) is 26.2 Å². The molecule has 0 fully saturated rings. The van der Waals surface area contributed by atoms with E-state index in [1.807, 2.05) is 7.05 Å². The number of hydrogen-bond donors (Lipinski definition) is 1. The van der Waals surface area contributed by atoms with Gasteiger partial charge < -0.3 is 15.0 Å². The number of nitrogens with one attached hydrogen (secondary N) is 1. The predicted octanol–water partition coefficient (Wildman–Crippen LogP) is 2.47. The SMILES string of the molecule is CNCCN(C)C(=O)COc1ccc(Cl)c(Cl)c1.Cl. The highest BCUT2D eigenvalue weighted by Gasteiger charge is 2.09. The predicted molar refractivity (Wildman–Crippen MR) is 80.8 cm³/mol. The van der Waals surface area contributed by atoms with E-state index in [1.54, 1.807) is 30.1 Å². The van der Waals surface area contributed by atoms with E-state index in [1.165, 1.54) is 0 Å². The molecule has 1 N–H and O–H groups in total. The van der Waals surface area contributed by atoms with Gasteiger partial charge in [0.15, 0.2) is 6.61 Å². The number of ether oxygens (including phenoxy) is 1. The summed E-state index contributed by atoms with van der Waals surface area (Å²) in [6, 6.07) is 4.90. The highest BCUT2D eigenvalue weighted by molar-refractivity contribution is 6.42. The Kier molecular flexibility index (Phi) is 8.93. The van der Waals surface area contributed by atoms with E-state index < -0.39 is 0 Å². The summed E-state index contributed by atoms with van der Waals surface area (Å²) in [6.45, 7) is 1.37. The van der Waals surface area contributed by atoms with Crippen LogP contribution in [0, 0.1) is 0 Å². The fraction of sp³-hybridized carbons (Fsp3) is 0.417. The summed E-state index contributed by atoms with van der Waals surface area (Å²) in [7, 11) is 3.57. The maximum Gasteiger partial charge on any atom is 0.260 e. The third kappa shape index (κ3) is 6.34. The summed E-state index contributed by atoms with van der Waals surface area (Å²) >= 11 is 11.6. The first kappa shape index (κ1) is 18.3. The smallest absolute Gasteiger partial charge is 0.260 e. The minimum absolute atomic E-state index is 0. The zero-order chi connectivity index (χ0) is 13.5. The number of likely N-dealkylation sites (N-methyl/N-ethyl adjacent to an activating group) is 2. The van der Waals surface area contributed by atoms with Crippen molar-refractivity contribution < 1.29 is 9.53 Å². The third-order valence-corrected chi connectivity index (χ3v) is 3.12. The number of carbonyl (C=O) groups is 1. The molecule has 1 amide bonds. The molecule has 0 bridgehead atoms. The Morgan fingerprint density at radius 1 is 1.37 bits per heavy atom. The van der Waals surface area contributed by atoms with E-state index in [2.05, 4.69) is 5.32 Å². The third-order valence-electron chi connectivity index (χ3n) is 2.38. The monoisotopic (exact) mass is 326 g/mol. The lowest BCUT2D eigenvalue weighted by Crippen LogP contribution is -2.35. The Balaban J connectivity index is 0.00000324. The van der Waals surface area contributed by atoms with Gasteiger partial charge in [0.05, 0.1) is 10.0 Å². The molecule has 0 aromatic heterocycles. The number of benzene rings is 1. The van der Waals surface area contributed by atoms with Crippen molar-refractivity contribution in [1.82, 2.24) is 10.2 Å². The van der Waals surface area contributed by atoms with E-state index in [0.29, 0.717) is 22.3 Å². The maximum atomic E-state index is 11.7. The van der Waals surface area contributed by atoms with Crippen molar-refractivity contribution in [2.75, 3.05) is 33.8 Å². The molecule has 7 heteroatoms. The van der Waals surface area contributed by atoms with Crippen molar-refractivity contribution in [3.8, 4) is 5.75 Å². The second-order valence-electron chi connectivity index (χ2n) is 3.78. The van der Waals surface area contributed by atoms with Gasteiger partial charge in [0.2, 0.25) is 0 Å². The van der Waals surface area contributed by atoms with Gasteiger partial charge in [-0.1, -0.05) is 23.2 Å². The summed E-state index contributed by atoms with van der Waals surface area (Å²) < 4.78 is 5.35. The Labute approximate surface area is 129 Å². The van der Waals surface area contributed by atoms with Crippen molar-refractivity contribution in [1.29, 1.82) is 0 Å². The fourth-order valence-corrected chi connectivity index (χ4v) is 1.51. The summed E-state index contributed by atoms with van der Waals surface area (Å²) in [6.07, 6.45) is 0. The van der Waals surface area contributed by atoms with Crippen LogP contribution in [0.1, 0.15) is 0 Å². The largest absolute Gasteiger partial charge is 0.484 e. The first-order chi connectivity index (χ1) is 8.54. The van der Waals surface area contributed by atoms with Crippen molar-refractivity contribution in [3.63, 3.8) is 0 Å². The van der Waals surface area contributed by atoms with Gasteiger partial charge in [-0.2, -0.15) is 0 Å². The molecule has 0 spiro atoms. The number of hydrogen-bond acceptors (Lipinski definition) is 3. The molecular weight excluding hydrogens is 311 g/mol. The lowest BCUT2D eigenvalue weighted by molar-refractivity contribution is -0.131. The van der Waals surface area contributed by atoms with Crippen LogP contribution < -0.4 is 10.1 Å². The normalized spacial score (nSPS) is 9.68. The average molecular weight is 328 g/mol. The zero-order valence-corrected chi connectivity index (χ0v) is 13.1. The molecule has 0 saturated carbocycles. The number of amides is 1. The van der Waals surface area contributed by atoms with Crippen LogP contribution in [0.15, 0.2) is 18.2 Å². The van der Waals surface area contributed by atoms with Crippen LogP contribution in [0.5, 0.6) is 5.75 Å². The number of rotatable bonds is 6. The van der Waals surface area contributed by atoms with Crippen LogP contribution in [0.25, 0.3) is 0 Å². The number of nitrogens with zero attached hydrogens (tertiary/aromatic N) is 1. The van der Waals surface area contributed by atoms with Gasteiger partial charge in [0.25, 0.3) is 5.91 Å². The fourth-order valence-electron chi connectivity index (χ4n) is 1.23. The van der Waals surface area contributed by atoms with Gasteiger partial charge in [-0.25, -0.2) is 0 Å². The van der Waals surface area contributed by atoms with Crippen LogP contribution in [0.2, 0.25) is 10.0 Å². The quantitative estimate of drug-likeness (QED) is 0.873. The van der Waals surface area contributed by atoms with Gasteiger partial charge in [-0.3, -0.25) is 4.79 Å². The van der Waals surface area contributed by atoms with Crippen molar-refractivity contribution >= 4 is 41.5 Å². The molecule has 0 aliphatic rings. The van der Waals surface area contributed by atoms with Gasteiger partial charge in [0.1, 0.15) is 5.75 Å². The second kappa shape index (κ2) is 9.26. The summed E-state index contributed by atoms with van der Waals surface area (Å²) in [5.74, 6) is 0.441. The first-order valence-electron chi connectivity index (χ1n) is 5.51. The topological polar surface area (TPSA) is 41.6 Å². The van der Waals surface area contributed by atoms with E-state index in [4.69, 9.17) is 27.9 Å². The van der Waals surface area contributed by atoms with Gasteiger partial charge in [-0.15, -0.1) is 12.4 Å². The standard InChI is InChI=1S/C12H16Cl2N2O2.ClH/c1-15-5-6-16(2)12(17)8-18-9-3-4-10(13)11(14)7-9;/h3-4,7,15H,5-6,8H2,1-2H3;1H. The Bertz CT molecular complexity index is 416. The molecule has 0 aliphatic carbocycles. The number of halogens is 3. The minimum atomic E-state index is -0.0867. The highest BCUT2D eigenvalue weighted by atomic mass is 35.5. The van der Waals surface area contributed by atoms with Crippen molar-refractivity contribution in [3.05, 3.63) is 28.2 Å². The Hall–Kier alpha value is -0.680. The molecule has 0 saturated heterocycles. The summed E-state index contributed by atoms with van der Waals surface area (Å²) in [5.41, 5.74) is 0. The van der Waals surface area contributed by atoms with Crippen LogP contribution in [0.3, 0.4) is 0 Å². The molecule has 0 radical (unpaired) electrons. The van der Waals surface area contributed by atoms with Crippen molar-refractivity contribution in [2.24, 2.45) is 0 Å². The average Bonchev–Trinajstić information content (AvgIpc) is 2.36. The molecule has 0 aliphatic heterocycles. The van der Waals surface area contributed by atoms with E-state index >= 15 is 0 Å². The molecule has 1 aromatic rings. The lowest BCUT2D eigenvalue weighted by atomic mass is 10.3. The highest BCUT2D eigenvalue weighted by Crippen LogP contribution is 2.26. The summed E-state index contributed by atoms with van der Waals surface area (Å²) in [4.78, 5) is 13.3. The maximum absolute atomic E-state index is 11.7. The molecule has 1 aromatic carbocycles. The molecule has 0 heterocycles. The lowest BCUT2D eigenvalue weighted by Gasteiger charge is -2.17. The molecule has 108 valence electrons. The molecular formula is C12H17Cl3N2O2. The zero-order valence-electron chi connectivity index (χ0n) is 10.8. The van der Waals surface area contributed by atoms with E-state index in [-0.39, 0.29) is 24.9 Å². The van der Waals surface area contributed by atoms with Gasteiger partial charge in [-0.05, 0) is 19.2 Å². The molecule has 0 atom stereocenters. The molecule has 4 nitrogen and oxygen atoms in total. The second-order valence-corrected chi connectivity index (χ2v) is 4.60. The minimum Gasteiger partial charge on any atom is -0.484 e. The molecule has 0 unspecified atom stereocenters. The Morgan fingerprint density at radius 3 is 2.63 bits per heavy atom. The van der Waals surface area contributed by atoms with Crippen LogP contribution in [-0.4, -0.2) is 44.6 Å². The molecule has 19 heavy (non-hydrogen) atoms. The molecule has 1 rings (SSSR count). The van der Waals surface area contributed by atoms with E-state index in [9.17, 15) is 4.79 Å². The number of carbonyl (C=O) groups excluding carboxylic acids is 1. The van der Waals surface area contributed by atoms with Crippen LogP contribution in [0.4, 0.5) is 0 Å². The van der Waals surface area contributed by atoms with E-state index in [0.717, 1.165) is 6.54 Å². The van der Waals surface area contributed by atoms with Gasteiger partial charge >= 0.3 is 0 Å². The van der Waals surface area contributed by atoms with Crippen LogP contribution >= 0.6 is 35.6 Å². The summed E-state index contributed by atoms with van der Waals surface area (Å²) in [5, 5.41) is 3.84. The Morgan fingerprint density at radius 2 is 2.05 bits per heavy atom.